The molecule has 0 saturated heterocycles. The number of hydrogen-bond donors (Lipinski definition) is 1. The van der Waals surface area contributed by atoms with Crippen molar-refractivity contribution in [2.75, 3.05) is 25.1 Å². The molecule has 0 saturated carbocycles. The van der Waals surface area contributed by atoms with E-state index >= 15 is 0 Å². The van der Waals surface area contributed by atoms with Gasteiger partial charge in [-0.3, -0.25) is 0 Å². The lowest BCUT2D eigenvalue weighted by Gasteiger charge is -2.16. The lowest BCUT2D eigenvalue weighted by Crippen LogP contribution is -2.15. The molecule has 0 unspecified atom stereocenters. The monoisotopic (exact) mass is 274 g/mol. The summed E-state index contributed by atoms with van der Waals surface area (Å²) in [4.78, 5) is 13.9. The predicted molar refractivity (Wildman–Crippen MR) is 76.7 cm³/mol. The molecule has 20 heavy (non-hydrogen) atoms. The molecule has 6 nitrogen and oxygen atoms in total. The Morgan fingerprint density at radius 3 is 2.55 bits per heavy atom. The van der Waals surface area contributed by atoms with Crippen molar-refractivity contribution < 1.29 is 9.53 Å². The van der Waals surface area contributed by atoms with Crippen LogP contribution in [0.2, 0.25) is 0 Å². The Bertz CT molecular complexity index is 577. The third-order valence-corrected chi connectivity index (χ3v) is 3.07. The van der Waals surface area contributed by atoms with Gasteiger partial charge < -0.3 is 9.64 Å². The molecule has 0 aliphatic rings. The highest BCUT2D eigenvalue weighted by atomic mass is 16.5. The van der Waals surface area contributed by atoms with Crippen LogP contribution in [0.4, 0.5) is 5.69 Å². The standard InChI is InChI=1S/C14H18N4O2/c1-4-18(3)11-8-6-10(7-9-11)12-13(16-17-15-12)14(19)20-5-2/h6-9H,4-5H2,1-3H3,(H,15,16,17). The summed E-state index contributed by atoms with van der Waals surface area (Å²) in [6.07, 6.45) is 0. The number of benzene rings is 1. The third-order valence-electron chi connectivity index (χ3n) is 3.07. The van der Waals surface area contributed by atoms with Crippen LogP contribution in [0.1, 0.15) is 24.3 Å². The van der Waals surface area contributed by atoms with Crippen molar-refractivity contribution in [1.82, 2.24) is 15.4 Å². The zero-order valence-electron chi connectivity index (χ0n) is 11.9. The summed E-state index contributed by atoms with van der Waals surface area (Å²) in [6.45, 7) is 5.08. The van der Waals surface area contributed by atoms with Gasteiger partial charge in [-0.1, -0.05) is 12.1 Å². The Kier molecular flexibility index (Phi) is 4.34. The number of hydrogen-bond acceptors (Lipinski definition) is 5. The number of carbonyl (C=O) groups is 1. The van der Waals surface area contributed by atoms with Crippen molar-refractivity contribution in [3.63, 3.8) is 0 Å². The molecular formula is C14H18N4O2. The van der Waals surface area contributed by atoms with E-state index in [1.807, 2.05) is 31.3 Å². The van der Waals surface area contributed by atoms with E-state index in [0.29, 0.717) is 12.3 Å². The van der Waals surface area contributed by atoms with E-state index in [9.17, 15) is 4.79 Å². The minimum absolute atomic E-state index is 0.212. The van der Waals surface area contributed by atoms with Crippen molar-refractivity contribution in [3.8, 4) is 11.3 Å². The first-order valence-corrected chi connectivity index (χ1v) is 6.56. The van der Waals surface area contributed by atoms with Crippen LogP contribution < -0.4 is 4.90 Å². The number of ether oxygens (including phenoxy) is 1. The highest BCUT2D eigenvalue weighted by molar-refractivity contribution is 5.93. The van der Waals surface area contributed by atoms with E-state index < -0.39 is 5.97 Å². The molecule has 0 spiro atoms. The van der Waals surface area contributed by atoms with Crippen LogP contribution in [0.5, 0.6) is 0 Å². The number of esters is 1. The van der Waals surface area contributed by atoms with Gasteiger partial charge in [0, 0.05) is 24.8 Å². The van der Waals surface area contributed by atoms with Gasteiger partial charge in [0.25, 0.3) is 0 Å². The predicted octanol–water partition coefficient (Wildman–Crippen LogP) is 2.10. The number of anilines is 1. The number of aromatic amines is 1. The van der Waals surface area contributed by atoms with Crippen LogP contribution in [0, 0.1) is 0 Å². The van der Waals surface area contributed by atoms with E-state index in [0.717, 1.165) is 17.8 Å². The molecule has 0 atom stereocenters. The Labute approximate surface area is 117 Å². The fourth-order valence-electron chi connectivity index (χ4n) is 1.83. The summed E-state index contributed by atoms with van der Waals surface area (Å²) in [6, 6.07) is 7.81. The quantitative estimate of drug-likeness (QED) is 0.845. The van der Waals surface area contributed by atoms with E-state index in [-0.39, 0.29) is 5.69 Å². The number of H-pyrrole nitrogens is 1. The number of carbonyl (C=O) groups excluding carboxylic acids is 1. The molecular weight excluding hydrogens is 256 g/mol. The zero-order valence-corrected chi connectivity index (χ0v) is 11.9. The lowest BCUT2D eigenvalue weighted by atomic mass is 10.1. The van der Waals surface area contributed by atoms with Gasteiger partial charge >= 0.3 is 5.97 Å². The van der Waals surface area contributed by atoms with Crippen molar-refractivity contribution in [2.45, 2.75) is 13.8 Å². The number of nitrogens with zero attached hydrogens (tertiary/aromatic N) is 3. The maximum absolute atomic E-state index is 11.8. The topological polar surface area (TPSA) is 71.1 Å². The van der Waals surface area contributed by atoms with Crippen LogP contribution in [0.15, 0.2) is 24.3 Å². The summed E-state index contributed by atoms with van der Waals surface area (Å²) in [7, 11) is 2.02. The molecule has 0 bridgehead atoms. The average molecular weight is 274 g/mol. The molecule has 6 heteroatoms. The highest BCUT2D eigenvalue weighted by Crippen LogP contribution is 2.23. The fourth-order valence-corrected chi connectivity index (χ4v) is 1.83. The molecule has 1 heterocycles. The van der Waals surface area contributed by atoms with E-state index in [2.05, 4.69) is 27.2 Å². The molecule has 0 radical (unpaired) electrons. The van der Waals surface area contributed by atoms with E-state index in [1.165, 1.54) is 0 Å². The number of rotatable bonds is 5. The molecule has 2 aromatic rings. The molecule has 0 aliphatic carbocycles. The smallest absolute Gasteiger partial charge is 0.361 e. The lowest BCUT2D eigenvalue weighted by molar-refractivity contribution is 0.0520. The normalized spacial score (nSPS) is 10.3. The van der Waals surface area contributed by atoms with Crippen molar-refractivity contribution in [1.29, 1.82) is 0 Å². The molecule has 0 fully saturated rings. The Balaban J connectivity index is 2.28. The largest absolute Gasteiger partial charge is 0.461 e. The van der Waals surface area contributed by atoms with Gasteiger partial charge in [-0.05, 0) is 26.0 Å². The van der Waals surface area contributed by atoms with Crippen molar-refractivity contribution in [2.24, 2.45) is 0 Å². The summed E-state index contributed by atoms with van der Waals surface area (Å²) < 4.78 is 4.96. The summed E-state index contributed by atoms with van der Waals surface area (Å²) in [5.41, 5.74) is 2.66. The SMILES string of the molecule is CCOC(=O)c1n[nH]nc1-c1ccc(N(C)CC)cc1. The van der Waals surface area contributed by atoms with Crippen molar-refractivity contribution in [3.05, 3.63) is 30.0 Å². The molecule has 2 rings (SSSR count). The first kappa shape index (κ1) is 14.0. The van der Waals surface area contributed by atoms with Gasteiger partial charge in [0.05, 0.1) is 6.61 Å². The summed E-state index contributed by atoms with van der Waals surface area (Å²) in [5, 5.41) is 10.4. The molecule has 106 valence electrons. The number of aromatic nitrogens is 3. The number of nitrogens with one attached hydrogen (secondary N) is 1. The second kappa shape index (κ2) is 6.18. The third kappa shape index (κ3) is 2.79. The summed E-state index contributed by atoms with van der Waals surface area (Å²) in [5.74, 6) is -0.467. The van der Waals surface area contributed by atoms with Crippen LogP contribution in [-0.4, -0.2) is 41.6 Å². The average Bonchev–Trinajstić information content (AvgIpc) is 2.96. The second-order valence-corrected chi connectivity index (χ2v) is 4.30. The van der Waals surface area contributed by atoms with E-state index in [1.54, 1.807) is 6.92 Å². The zero-order chi connectivity index (χ0) is 14.5. The Morgan fingerprint density at radius 1 is 1.25 bits per heavy atom. The molecule has 1 N–H and O–H groups in total. The maximum atomic E-state index is 11.8. The van der Waals surface area contributed by atoms with Crippen LogP contribution >= 0.6 is 0 Å². The van der Waals surface area contributed by atoms with Gasteiger partial charge in [0.2, 0.25) is 0 Å². The summed E-state index contributed by atoms with van der Waals surface area (Å²) >= 11 is 0. The van der Waals surface area contributed by atoms with Gasteiger partial charge in [-0.15, -0.1) is 5.10 Å². The highest BCUT2D eigenvalue weighted by Gasteiger charge is 2.18. The van der Waals surface area contributed by atoms with Crippen molar-refractivity contribution >= 4 is 11.7 Å². The van der Waals surface area contributed by atoms with Gasteiger partial charge in [-0.25, -0.2) is 4.79 Å². The molecule has 1 aromatic carbocycles. The van der Waals surface area contributed by atoms with Gasteiger partial charge in [0.15, 0.2) is 5.69 Å². The maximum Gasteiger partial charge on any atom is 0.361 e. The Morgan fingerprint density at radius 2 is 1.95 bits per heavy atom. The minimum atomic E-state index is -0.467. The second-order valence-electron chi connectivity index (χ2n) is 4.30. The van der Waals surface area contributed by atoms with Crippen LogP contribution in [-0.2, 0) is 4.74 Å². The van der Waals surface area contributed by atoms with Crippen LogP contribution in [0.25, 0.3) is 11.3 Å². The fraction of sp³-hybridized carbons (Fsp3) is 0.357. The van der Waals surface area contributed by atoms with E-state index in [4.69, 9.17) is 4.74 Å². The minimum Gasteiger partial charge on any atom is -0.461 e. The molecule has 0 aliphatic heterocycles. The first-order chi connectivity index (χ1) is 9.67. The molecule has 1 aromatic heterocycles. The first-order valence-electron chi connectivity index (χ1n) is 6.56. The van der Waals surface area contributed by atoms with Crippen LogP contribution in [0.3, 0.4) is 0 Å². The van der Waals surface area contributed by atoms with Gasteiger partial charge in [-0.2, -0.15) is 10.3 Å². The molecule has 0 amide bonds. The Hall–Kier alpha value is -2.37. The van der Waals surface area contributed by atoms with Gasteiger partial charge in [0.1, 0.15) is 5.69 Å².